The number of hydrogen-bond donors (Lipinski definition) is 2. The normalized spacial score (nSPS) is 17.9. The number of anilines is 2. The van der Waals surface area contributed by atoms with Gasteiger partial charge in [0.2, 0.25) is 11.9 Å². The minimum absolute atomic E-state index is 0.300. The third-order valence-electron chi connectivity index (χ3n) is 3.53. The highest BCUT2D eigenvalue weighted by atomic mass is 32.2. The Labute approximate surface area is 112 Å². The fourth-order valence-electron chi connectivity index (χ4n) is 2.39. The van der Waals surface area contributed by atoms with Crippen LogP contribution in [0.2, 0.25) is 0 Å². The molecule has 1 heterocycles. The zero-order valence-corrected chi connectivity index (χ0v) is 11.9. The first-order valence-corrected chi connectivity index (χ1v) is 7.69. The van der Waals surface area contributed by atoms with Gasteiger partial charge in [-0.15, -0.1) is 0 Å². The van der Waals surface area contributed by atoms with Crippen molar-refractivity contribution in [2.45, 2.75) is 43.8 Å². The molecule has 2 rings (SSSR count). The summed E-state index contributed by atoms with van der Waals surface area (Å²) in [5, 5.41) is 3.33. The second-order valence-corrected chi connectivity index (χ2v) is 6.01. The Bertz CT molecular complexity index is 403. The van der Waals surface area contributed by atoms with E-state index in [1.165, 1.54) is 25.7 Å². The van der Waals surface area contributed by atoms with Gasteiger partial charge in [-0.05, 0) is 19.1 Å². The monoisotopic (exact) mass is 267 g/mol. The van der Waals surface area contributed by atoms with Crippen molar-refractivity contribution >= 4 is 23.7 Å². The van der Waals surface area contributed by atoms with Gasteiger partial charge in [0.1, 0.15) is 5.82 Å². The van der Waals surface area contributed by atoms with Gasteiger partial charge in [-0.25, -0.2) is 0 Å². The van der Waals surface area contributed by atoms with Crippen LogP contribution < -0.4 is 11.1 Å². The van der Waals surface area contributed by atoms with E-state index in [0.29, 0.717) is 16.6 Å². The van der Waals surface area contributed by atoms with Crippen molar-refractivity contribution in [1.82, 2.24) is 15.0 Å². The molecule has 0 aromatic carbocycles. The summed E-state index contributed by atoms with van der Waals surface area (Å²) in [6.07, 6.45) is 8.14. The van der Waals surface area contributed by atoms with Gasteiger partial charge >= 0.3 is 0 Å². The van der Waals surface area contributed by atoms with Gasteiger partial charge in [0, 0.05) is 17.7 Å². The Morgan fingerprint density at radius 3 is 2.61 bits per heavy atom. The summed E-state index contributed by atoms with van der Waals surface area (Å²) in [6.45, 7) is 2.92. The lowest BCUT2D eigenvalue weighted by molar-refractivity contribution is 0.636. The van der Waals surface area contributed by atoms with Gasteiger partial charge < -0.3 is 11.1 Å². The number of aromatic nitrogens is 3. The van der Waals surface area contributed by atoms with Crippen LogP contribution in [-0.4, -0.2) is 32.5 Å². The van der Waals surface area contributed by atoms with Crippen LogP contribution in [0.4, 0.5) is 11.9 Å². The lowest BCUT2D eigenvalue weighted by atomic mass is 10.1. The van der Waals surface area contributed by atoms with Crippen LogP contribution in [0.15, 0.2) is 0 Å². The van der Waals surface area contributed by atoms with E-state index in [0.717, 1.165) is 18.8 Å². The topological polar surface area (TPSA) is 76.7 Å². The van der Waals surface area contributed by atoms with E-state index in [1.807, 2.05) is 18.7 Å². The smallest absolute Gasteiger partial charge is 0.227 e. The number of hydrogen-bond acceptors (Lipinski definition) is 6. The molecule has 1 saturated carbocycles. The lowest BCUT2D eigenvalue weighted by Crippen LogP contribution is -2.30. The van der Waals surface area contributed by atoms with Crippen molar-refractivity contribution in [3.63, 3.8) is 0 Å². The fourth-order valence-corrected chi connectivity index (χ4v) is 3.30. The highest BCUT2D eigenvalue weighted by Crippen LogP contribution is 2.40. The second-order valence-electron chi connectivity index (χ2n) is 4.73. The van der Waals surface area contributed by atoms with E-state index in [-0.39, 0.29) is 0 Å². The summed E-state index contributed by atoms with van der Waals surface area (Å²) in [6, 6.07) is 0. The molecule has 0 saturated heterocycles. The molecule has 1 fully saturated rings. The number of rotatable bonds is 5. The molecule has 0 unspecified atom stereocenters. The van der Waals surface area contributed by atoms with Crippen molar-refractivity contribution in [1.29, 1.82) is 0 Å². The zero-order valence-electron chi connectivity index (χ0n) is 11.1. The molecular formula is C12H21N5S. The van der Waals surface area contributed by atoms with E-state index in [9.17, 15) is 0 Å². The van der Waals surface area contributed by atoms with Gasteiger partial charge in [0.15, 0.2) is 0 Å². The van der Waals surface area contributed by atoms with Gasteiger partial charge in [-0.3, -0.25) is 0 Å². The Morgan fingerprint density at radius 1 is 1.28 bits per heavy atom. The van der Waals surface area contributed by atoms with Crippen LogP contribution in [0.3, 0.4) is 0 Å². The average Bonchev–Trinajstić information content (AvgIpc) is 2.85. The molecule has 0 radical (unpaired) electrons. The first kappa shape index (κ1) is 13.4. The zero-order chi connectivity index (χ0) is 13.0. The molecule has 0 spiro atoms. The van der Waals surface area contributed by atoms with E-state index < -0.39 is 0 Å². The van der Waals surface area contributed by atoms with Crippen LogP contribution in [0.5, 0.6) is 0 Å². The van der Waals surface area contributed by atoms with Crippen LogP contribution in [-0.2, 0) is 6.42 Å². The largest absolute Gasteiger partial charge is 0.368 e. The van der Waals surface area contributed by atoms with Crippen molar-refractivity contribution in [2.24, 2.45) is 0 Å². The number of aryl methyl sites for hydroxylation is 1. The number of nitrogens with two attached hydrogens (primary N) is 1. The Balaban J connectivity index is 2.03. The van der Waals surface area contributed by atoms with Gasteiger partial charge in [-0.2, -0.15) is 26.7 Å². The van der Waals surface area contributed by atoms with Crippen molar-refractivity contribution < 1.29 is 0 Å². The van der Waals surface area contributed by atoms with E-state index in [4.69, 9.17) is 5.73 Å². The number of thioether (sulfide) groups is 1. The predicted octanol–water partition coefficient (Wildman–Crippen LogP) is 2.10. The third kappa shape index (κ3) is 3.04. The van der Waals surface area contributed by atoms with Crippen molar-refractivity contribution in [2.75, 3.05) is 23.9 Å². The van der Waals surface area contributed by atoms with Crippen LogP contribution in [0.1, 0.15) is 38.4 Å². The van der Waals surface area contributed by atoms with Gasteiger partial charge in [-0.1, -0.05) is 19.8 Å². The number of nitrogen functional groups attached to an aromatic ring is 1. The van der Waals surface area contributed by atoms with Crippen molar-refractivity contribution in [3.8, 4) is 0 Å². The van der Waals surface area contributed by atoms with Gasteiger partial charge in [0.05, 0.1) is 0 Å². The Hall–Kier alpha value is -1.04. The molecular weight excluding hydrogens is 246 g/mol. The van der Waals surface area contributed by atoms with Crippen molar-refractivity contribution in [3.05, 3.63) is 5.82 Å². The van der Waals surface area contributed by atoms with E-state index >= 15 is 0 Å². The molecule has 100 valence electrons. The van der Waals surface area contributed by atoms with E-state index in [2.05, 4.69) is 26.5 Å². The minimum Gasteiger partial charge on any atom is -0.368 e. The Kier molecular flexibility index (Phi) is 4.27. The quantitative estimate of drug-likeness (QED) is 0.851. The molecule has 0 amide bonds. The first-order valence-electron chi connectivity index (χ1n) is 6.47. The summed E-state index contributed by atoms with van der Waals surface area (Å²) in [5.74, 6) is 1.66. The predicted molar refractivity (Wildman–Crippen MR) is 76.8 cm³/mol. The van der Waals surface area contributed by atoms with Crippen LogP contribution >= 0.6 is 11.8 Å². The first-order chi connectivity index (χ1) is 8.67. The van der Waals surface area contributed by atoms with Crippen LogP contribution in [0.25, 0.3) is 0 Å². The molecule has 1 aliphatic rings. The summed E-state index contributed by atoms with van der Waals surface area (Å²) in [5.41, 5.74) is 5.68. The molecule has 1 aromatic heterocycles. The SMILES string of the molecule is CCc1nc(N)nc(NCC2(SC)CCCC2)n1. The maximum Gasteiger partial charge on any atom is 0.227 e. The maximum absolute atomic E-state index is 5.68. The number of nitrogens with zero attached hydrogens (tertiary/aromatic N) is 3. The summed E-state index contributed by atoms with van der Waals surface area (Å²) in [4.78, 5) is 12.6. The fraction of sp³-hybridized carbons (Fsp3) is 0.750. The summed E-state index contributed by atoms with van der Waals surface area (Å²) in [7, 11) is 0. The standard InChI is InChI=1S/C12H21N5S/c1-3-9-15-10(13)17-11(16-9)14-8-12(18-2)6-4-5-7-12/h3-8H2,1-2H3,(H3,13,14,15,16,17). The highest BCUT2D eigenvalue weighted by Gasteiger charge is 2.32. The molecule has 3 N–H and O–H groups in total. The maximum atomic E-state index is 5.68. The lowest BCUT2D eigenvalue weighted by Gasteiger charge is -2.26. The molecule has 5 nitrogen and oxygen atoms in total. The summed E-state index contributed by atoms with van der Waals surface area (Å²) < 4.78 is 0.341. The molecule has 0 atom stereocenters. The third-order valence-corrected chi connectivity index (χ3v) is 4.95. The van der Waals surface area contributed by atoms with Gasteiger partial charge in [0.25, 0.3) is 0 Å². The molecule has 1 aromatic rings. The molecule has 0 bridgehead atoms. The average molecular weight is 267 g/mol. The second kappa shape index (κ2) is 5.73. The molecule has 1 aliphatic carbocycles. The van der Waals surface area contributed by atoms with Crippen LogP contribution in [0, 0.1) is 0 Å². The number of nitrogens with one attached hydrogen (secondary N) is 1. The molecule has 0 aliphatic heterocycles. The minimum atomic E-state index is 0.300. The Morgan fingerprint density at radius 2 is 2.00 bits per heavy atom. The molecule has 6 heteroatoms. The summed E-state index contributed by atoms with van der Waals surface area (Å²) >= 11 is 1.95. The van der Waals surface area contributed by atoms with E-state index in [1.54, 1.807) is 0 Å². The highest BCUT2D eigenvalue weighted by molar-refractivity contribution is 8.00. The molecule has 18 heavy (non-hydrogen) atoms.